The summed E-state index contributed by atoms with van der Waals surface area (Å²) in [7, 11) is 0. The lowest BCUT2D eigenvalue weighted by Gasteiger charge is -2.26. The van der Waals surface area contributed by atoms with Gasteiger partial charge in [-0.05, 0) is 23.8 Å². The van der Waals surface area contributed by atoms with Crippen molar-refractivity contribution < 1.29 is 19.7 Å². The maximum absolute atomic E-state index is 11.9. The lowest BCUT2D eigenvalue weighted by Crippen LogP contribution is -2.38. The van der Waals surface area contributed by atoms with Crippen LogP contribution in [-0.4, -0.2) is 79.7 Å². The Kier molecular flexibility index (Phi) is 8.74. The van der Waals surface area contributed by atoms with Crippen molar-refractivity contribution in [1.29, 1.82) is 5.26 Å². The molecule has 4 N–H and O–H groups in total. The van der Waals surface area contributed by atoms with Crippen molar-refractivity contribution in [2.75, 3.05) is 57.9 Å². The maximum Gasteiger partial charge on any atom is 0.262 e. The Morgan fingerprint density at radius 3 is 2.67 bits per heavy atom. The van der Waals surface area contributed by atoms with Crippen LogP contribution in [0.4, 0.5) is 5.69 Å². The molecule has 0 aliphatic carbocycles. The number of ether oxygens (including phenoxy) is 1. The number of rotatable bonds is 9. The highest BCUT2D eigenvalue weighted by Gasteiger charge is 2.11. The minimum Gasteiger partial charge on any atom is -0.394 e. The molecule has 0 aromatic heterocycles. The van der Waals surface area contributed by atoms with E-state index in [0.29, 0.717) is 0 Å². The number of carbonyl (C=O) groups excluding carboxylic acids is 1. The highest BCUT2D eigenvalue weighted by molar-refractivity contribution is 6.01. The molecule has 8 nitrogen and oxygen atoms in total. The molecule has 1 amide bonds. The van der Waals surface area contributed by atoms with Gasteiger partial charge in [0.1, 0.15) is 11.6 Å². The zero-order valence-corrected chi connectivity index (χ0v) is 15.2. The van der Waals surface area contributed by atoms with E-state index in [0.717, 1.165) is 50.6 Å². The number of benzene rings is 1. The molecule has 1 unspecified atom stereocenters. The van der Waals surface area contributed by atoms with Crippen LogP contribution in [0, 0.1) is 11.3 Å². The number of morpholine rings is 1. The predicted molar refractivity (Wildman–Crippen MR) is 102 cm³/mol. The third-order valence-electron chi connectivity index (χ3n) is 4.16. The number of aliphatic hydroxyl groups excluding tert-OH is 2. The highest BCUT2D eigenvalue weighted by atomic mass is 16.5. The molecule has 1 heterocycles. The molecule has 0 spiro atoms. The molecule has 8 heteroatoms. The Labute approximate surface area is 159 Å². The number of nitrogens with zero attached hydrogens (tertiary/aromatic N) is 2. The Balaban J connectivity index is 1.84. The number of hydrogen-bond donors (Lipinski definition) is 4. The van der Waals surface area contributed by atoms with Crippen LogP contribution in [0.5, 0.6) is 0 Å². The summed E-state index contributed by atoms with van der Waals surface area (Å²) in [4.78, 5) is 14.3. The summed E-state index contributed by atoms with van der Waals surface area (Å²) < 4.78 is 5.33. The van der Waals surface area contributed by atoms with E-state index < -0.39 is 18.6 Å². The number of anilines is 1. The van der Waals surface area contributed by atoms with Crippen molar-refractivity contribution >= 4 is 17.7 Å². The molecule has 1 aromatic carbocycles. The summed E-state index contributed by atoms with van der Waals surface area (Å²) in [5.41, 5.74) is 1.63. The number of nitriles is 1. The number of aliphatic hydroxyl groups is 2. The van der Waals surface area contributed by atoms with Crippen LogP contribution in [-0.2, 0) is 9.53 Å². The van der Waals surface area contributed by atoms with Crippen LogP contribution in [0.3, 0.4) is 0 Å². The van der Waals surface area contributed by atoms with Gasteiger partial charge in [-0.15, -0.1) is 0 Å². The zero-order chi connectivity index (χ0) is 19.5. The van der Waals surface area contributed by atoms with E-state index in [2.05, 4.69) is 15.5 Å². The average Bonchev–Trinajstić information content (AvgIpc) is 2.71. The van der Waals surface area contributed by atoms with Crippen molar-refractivity contribution in [1.82, 2.24) is 10.2 Å². The molecular weight excluding hydrogens is 348 g/mol. The quantitative estimate of drug-likeness (QED) is 0.349. The van der Waals surface area contributed by atoms with Gasteiger partial charge in [0.05, 0.1) is 25.9 Å². The number of nitrogens with one attached hydrogen (secondary N) is 2. The highest BCUT2D eigenvalue weighted by Crippen LogP contribution is 2.12. The first-order valence-corrected chi connectivity index (χ1v) is 8.95. The maximum atomic E-state index is 11.9. The van der Waals surface area contributed by atoms with Crippen molar-refractivity contribution in [3.63, 3.8) is 0 Å². The first-order chi connectivity index (χ1) is 13.1. The molecule has 1 aromatic rings. The van der Waals surface area contributed by atoms with Crippen LogP contribution < -0.4 is 10.6 Å². The van der Waals surface area contributed by atoms with Crippen LogP contribution in [0.1, 0.15) is 5.56 Å². The summed E-state index contributed by atoms with van der Waals surface area (Å²) in [5.74, 6) is -0.585. The van der Waals surface area contributed by atoms with Crippen LogP contribution >= 0.6 is 0 Å². The molecule has 27 heavy (non-hydrogen) atoms. The Hall–Kier alpha value is -2.44. The molecule has 146 valence electrons. The van der Waals surface area contributed by atoms with Crippen molar-refractivity contribution in [3.8, 4) is 6.07 Å². The molecule has 0 saturated carbocycles. The van der Waals surface area contributed by atoms with Gasteiger partial charge in [0, 0.05) is 38.4 Å². The monoisotopic (exact) mass is 374 g/mol. The van der Waals surface area contributed by atoms with Gasteiger partial charge in [-0.25, -0.2) is 0 Å². The van der Waals surface area contributed by atoms with Gasteiger partial charge in [-0.1, -0.05) is 12.1 Å². The first kappa shape index (κ1) is 20.9. The van der Waals surface area contributed by atoms with Crippen molar-refractivity contribution in [2.45, 2.75) is 6.10 Å². The third kappa shape index (κ3) is 7.37. The van der Waals surface area contributed by atoms with E-state index in [1.807, 2.05) is 30.3 Å². The standard InChI is InChI=1S/C19H26N4O4/c20-12-16(19(26)22-13-18(25)14-24)11-15-1-3-17(4-2-15)21-5-6-23-7-9-27-10-8-23/h1-4,11,18,21,24-25H,5-10,13-14H2,(H,22,26)/b16-11+. The molecule has 0 radical (unpaired) electrons. The minimum absolute atomic E-state index is 0.0619. The van der Waals surface area contributed by atoms with Gasteiger partial charge in [-0.2, -0.15) is 5.26 Å². The first-order valence-electron chi connectivity index (χ1n) is 8.95. The second-order valence-electron chi connectivity index (χ2n) is 6.22. The van der Waals surface area contributed by atoms with E-state index in [-0.39, 0.29) is 12.1 Å². The van der Waals surface area contributed by atoms with Gasteiger partial charge in [0.25, 0.3) is 5.91 Å². The van der Waals surface area contributed by atoms with Crippen LogP contribution in [0.15, 0.2) is 29.8 Å². The van der Waals surface area contributed by atoms with Gasteiger partial charge in [0.15, 0.2) is 0 Å². The van der Waals surface area contributed by atoms with E-state index in [1.54, 1.807) is 0 Å². The largest absolute Gasteiger partial charge is 0.394 e. The fourth-order valence-electron chi connectivity index (χ4n) is 2.57. The Morgan fingerprint density at radius 1 is 1.33 bits per heavy atom. The van der Waals surface area contributed by atoms with Gasteiger partial charge >= 0.3 is 0 Å². The molecule has 1 saturated heterocycles. The molecular formula is C19H26N4O4. The average molecular weight is 374 g/mol. The molecule has 1 aliphatic rings. The molecule has 0 bridgehead atoms. The third-order valence-corrected chi connectivity index (χ3v) is 4.16. The summed E-state index contributed by atoms with van der Waals surface area (Å²) in [6, 6.07) is 9.29. The SMILES string of the molecule is N#C/C(=C\c1ccc(NCCN2CCOCC2)cc1)C(=O)NCC(O)CO. The Bertz CT molecular complexity index is 663. The summed E-state index contributed by atoms with van der Waals surface area (Å²) in [6.07, 6.45) is 0.440. The van der Waals surface area contributed by atoms with Gasteiger partial charge in [0.2, 0.25) is 0 Å². The van der Waals surface area contributed by atoms with Crippen molar-refractivity contribution in [3.05, 3.63) is 35.4 Å². The number of carbonyl (C=O) groups is 1. The molecule has 1 fully saturated rings. The van der Waals surface area contributed by atoms with Crippen molar-refractivity contribution in [2.24, 2.45) is 0 Å². The number of amides is 1. The molecule has 1 atom stereocenters. The van der Waals surface area contributed by atoms with E-state index >= 15 is 0 Å². The second-order valence-corrected chi connectivity index (χ2v) is 6.22. The topological polar surface area (TPSA) is 118 Å². The van der Waals surface area contributed by atoms with Gasteiger partial charge < -0.3 is 25.6 Å². The summed E-state index contributed by atoms with van der Waals surface area (Å²) in [6.45, 7) is 4.70. The van der Waals surface area contributed by atoms with Crippen LogP contribution in [0.2, 0.25) is 0 Å². The second kappa shape index (κ2) is 11.3. The predicted octanol–water partition coefficient (Wildman–Crippen LogP) is -0.193. The van der Waals surface area contributed by atoms with E-state index in [1.165, 1.54) is 6.08 Å². The lowest BCUT2D eigenvalue weighted by molar-refractivity contribution is -0.117. The summed E-state index contributed by atoms with van der Waals surface area (Å²) >= 11 is 0. The number of hydrogen-bond acceptors (Lipinski definition) is 7. The van der Waals surface area contributed by atoms with E-state index in [9.17, 15) is 9.90 Å². The fraction of sp³-hybridized carbons (Fsp3) is 0.474. The van der Waals surface area contributed by atoms with Crippen LogP contribution in [0.25, 0.3) is 6.08 Å². The van der Waals surface area contributed by atoms with Gasteiger partial charge in [-0.3, -0.25) is 9.69 Å². The molecule has 1 aliphatic heterocycles. The van der Waals surface area contributed by atoms with E-state index in [4.69, 9.17) is 15.1 Å². The zero-order valence-electron chi connectivity index (χ0n) is 15.2. The minimum atomic E-state index is -1.04. The smallest absolute Gasteiger partial charge is 0.262 e. The molecule has 2 rings (SSSR count). The normalized spacial score (nSPS) is 16.4. The Morgan fingerprint density at radius 2 is 2.04 bits per heavy atom. The fourth-order valence-corrected chi connectivity index (χ4v) is 2.57. The summed E-state index contributed by atoms with van der Waals surface area (Å²) in [5, 5.41) is 32.9. The lowest BCUT2D eigenvalue weighted by atomic mass is 10.1.